The SMILES string of the molecule is CCc1nc2sc([C@H](c3ccc(OC)cc3)[NH+]3CCC(O)CC3)c(O)n2n1. The molecular weight excluding hydrogens is 364 g/mol. The van der Waals surface area contributed by atoms with Crippen LogP contribution in [0.3, 0.4) is 0 Å². The van der Waals surface area contributed by atoms with Crippen molar-refractivity contribution in [1.82, 2.24) is 14.6 Å². The van der Waals surface area contributed by atoms with E-state index in [-0.39, 0.29) is 18.0 Å². The molecule has 0 radical (unpaired) electrons. The molecule has 0 aliphatic carbocycles. The van der Waals surface area contributed by atoms with Crippen LogP contribution in [0, 0.1) is 0 Å². The number of aryl methyl sites for hydroxylation is 1. The van der Waals surface area contributed by atoms with E-state index in [1.807, 2.05) is 31.2 Å². The van der Waals surface area contributed by atoms with Gasteiger partial charge in [-0.25, -0.2) is 4.98 Å². The number of fused-ring (bicyclic) bond motifs is 1. The van der Waals surface area contributed by atoms with Gasteiger partial charge in [0.1, 0.15) is 10.6 Å². The standard InChI is InChI=1S/C19H24N4O3S/c1-3-15-20-19-23(21-15)18(25)17(27-19)16(22-10-8-13(24)9-11-22)12-4-6-14(26-2)7-5-12/h4-7,13,16,24-25H,3,8-11H2,1-2H3/p+1/t16-/m0/s1. The van der Waals surface area contributed by atoms with Crippen molar-refractivity contribution in [3.63, 3.8) is 0 Å². The van der Waals surface area contributed by atoms with Gasteiger partial charge in [0.25, 0.3) is 0 Å². The van der Waals surface area contributed by atoms with Gasteiger partial charge < -0.3 is 19.8 Å². The van der Waals surface area contributed by atoms with Crippen LogP contribution in [0.5, 0.6) is 11.6 Å². The summed E-state index contributed by atoms with van der Waals surface area (Å²) in [4.78, 5) is 7.43. The number of quaternary nitrogens is 1. The Bertz CT molecular complexity index is 913. The molecule has 1 aliphatic heterocycles. The van der Waals surface area contributed by atoms with Crippen LogP contribution in [-0.4, -0.2) is 51.1 Å². The Hall–Kier alpha value is -2.16. The fourth-order valence-corrected chi connectivity index (χ4v) is 4.92. The molecule has 2 aromatic heterocycles. The molecule has 1 fully saturated rings. The predicted molar refractivity (Wildman–Crippen MR) is 103 cm³/mol. The van der Waals surface area contributed by atoms with Gasteiger partial charge in [-0.05, 0) is 24.3 Å². The molecule has 0 bridgehead atoms. The highest BCUT2D eigenvalue weighted by atomic mass is 32.1. The summed E-state index contributed by atoms with van der Waals surface area (Å²) in [6, 6.07) is 7.97. The van der Waals surface area contributed by atoms with Gasteiger partial charge in [0.05, 0.1) is 26.3 Å². The van der Waals surface area contributed by atoms with E-state index in [1.165, 1.54) is 16.2 Å². The number of thiazole rings is 1. The van der Waals surface area contributed by atoms with Crippen LogP contribution < -0.4 is 9.64 Å². The number of aromatic hydroxyl groups is 1. The topological polar surface area (TPSA) is 84.3 Å². The fourth-order valence-electron chi connectivity index (χ4n) is 3.76. The normalized spacial score (nSPS) is 21.4. The third-order valence-corrected chi connectivity index (χ3v) is 6.36. The highest BCUT2D eigenvalue weighted by Gasteiger charge is 2.35. The van der Waals surface area contributed by atoms with Crippen molar-refractivity contribution in [2.24, 2.45) is 0 Å². The summed E-state index contributed by atoms with van der Waals surface area (Å²) in [7, 11) is 1.65. The van der Waals surface area contributed by atoms with Crippen molar-refractivity contribution in [3.8, 4) is 11.6 Å². The van der Waals surface area contributed by atoms with Crippen molar-refractivity contribution in [1.29, 1.82) is 0 Å². The lowest BCUT2D eigenvalue weighted by Gasteiger charge is -2.33. The molecule has 144 valence electrons. The fraction of sp³-hybridized carbons (Fsp3) is 0.474. The monoisotopic (exact) mass is 389 g/mol. The van der Waals surface area contributed by atoms with E-state index >= 15 is 0 Å². The van der Waals surface area contributed by atoms with Gasteiger partial charge in [0.15, 0.2) is 11.9 Å². The number of aliphatic hydroxyl groups is 1. The number of nitrogens with one attached hydrogen (secondary N) is 1. The third kappa shape index (κ3) is 3.40. The molecule has 0 unspecified atom stereocenters. The Morgan fingerprint density at radius 1 is 1.30 bits per heavy atom. The Balaban J connectivity index is 1.77. The third-order valence-electron chi connectivity index (χ3n) is 5.28. The van der Waals surface area contributed by atoms with Crippen molar-refractivity contribution in [2.45, 2.75) is 38.3 Å². The summed E-state index contributed by atoms with van der Waals surface area (Å²) in [6.45, 7) is 3.71. The molecule has 3 heterocycles. The number of piperidine rings is 1. The molecule has 27 heavy (non-hydrogen) atoms. The highest BCUT2D eigenvalue weighted by molar-refractivity contribution is 7.17. The van der Waals surface area contributed by atoms with Crippen LogP contribution in [-0.2, 0) is 6.42 Å². The number of rotatable bonds is 5. The predicted octanol–water partition coefficient (Wildman–Crippen LogP) is 1.20. The number of nitrogens with zero attached hydrogens (tertiary/aromatic N) is 3. The van der Waals surface area contributed by atoms with Gasteiger partial charge in [0, 0.05) is 24.8 Å². The zero-order valence-electron chi connectivity index (χ0n) is 15.6. The van der Waals surface area contributed by atoms with Crippen molar-refractivity contribution in [3.05, 3.63) is 40.5 Å². The number of aromatic nitrogens is 3. The van der Waals surface area contributed by atoms with Crippen molar-refractivity contribution >= 4 is 16.3 Å². The Morgan fingerprint density at radius 3 is 2.59 bits per heavy atom. The van der Waals surface area contributed by atoms with Gasteiger partial charge in [0.2, 0.25) is 10.8 Å². The summed E-state index contributed by atoms with van der Waals surface area (Å²) in [5.41, 5.74) is 1.11. The summed E-state index contributed by atoms with van der Waals surface area (Å²) in [6.07, 6.45) is 2.04. The molecule has 0 spiro atoms. The minimum atomic E-state index is -0.228. The quantitative estimate of drug-likeness (QED) is 0.611. The molecule has 4 rings (SSSR count). The van der Waals surface area contributed by atoms with E-state index in [1.54, 1.807) is 11.6 Å². The van der Waals surface area contributed by atoms with Crippen LogP contribution >= 0.6 is 11.3 Å². The van der Waals surface area contributed by atoms with Gasteiger partial charge in [-0.2, -0.15) is 4.52 Å². The zero-order chi connectivity index (χ0) is 19.0. The van der Waals surface area contributed by atoms with Gasteiger partial charge in [-0.3, -0.25) is 0 Å². The number of benzene rings is 1. The molecule has 3 aromatic rings. The molecule has 7 nitrogen and oxygen atoms in total. The minimum Gasteiger partial charge on any atom is -0.497 e. The average Bonchev–Trinajstić information content (AvgIpc) is 3.23. The average molecular weight is 390 g/mol. The Morgan fingerprint density at radius 2 is 2.00 bits per heavy atom. The number of hydrogen-bond acceptors (Lipinski definition) is 6. The number of methoxy groups -OCH3 is 1. The summed E-state index contributed by atoms with van der Waals surface area (Å²) in [5.74, 6) is 1.71. The van der Waals surface area contributed by atoms with E-state index in [0.29, 0.717) is 4.96 Å². The second kappa shape index (κ2) is 7.46. The van der Waals surface area contributed by atoms with Crippen LogP contribution in [0.2, 0.25) is 0 Å². The second-order valence-corrected chi connectivity index (χ2v) is 7.97. The number of ether oxygens (including phenoxy) is 1. The molecule has 3 N–H and O–H groups in total. The lowest BCUT2D eigenvalue weighted by molar-refractivity contribution is -0.931. The van der Waals surface area contributed by atoms with Crippen molar-refractivity contribution < 1.29 is 19.8 Å². The largest absolute Gasteiger partial charge is 0.497 e. The molecule has 0 amide bonds. The summed E-state index contributed by atoms with van der Waals surface area (Å²) >= 11 is 1.49. The first kappa shape index (κ1) is 18.2. The van der Waals surface area contributed by atoms with Gasteiger partial charge in [-0.1, -0.05) is 18.3 Å². The molecule has 1 atom stereocenters. The van der Waals surface area contributed by atoms with E-state index in [4.69, 9.17) is 4.74 Å². The first-order valence-electron chi connectivity index (χ1n) is 9.34. The van der Waals surface area contributed by atoms with Crippen LogP contribution in [0.15, 0.2) is 24.3 Å². The highest BCUT2D eigenvalue weighted by Crippen LogP contribution is 2.35. The van der Waals surface area contributed by atoms with Crippen molar-refractivity contribution in [2.75, 3.05) is 20.2 Å². The van der Waals surface area contributed by atoms with E-state index in [9.17, 15) is 10.2 Å². The van der Waals surface area contributed by atoms with E-state index < -0.39 is 0 Å². The van der Waals surface area contributed by atoms with Crippen LogP contribution in [0.1, 0.15) is 42.1 Å². The molecule has 0 saturated carbocycles. The van der Waals surface area contributed by atoms with Crippen LogP contribution in [0.4, 0.5) is 0 Å². The molecular formula is C19H25N4O3S+. The minimum absolute atomic E-state index is 0.0259. The lowest BCUT2D eigenvalue weighted by Crippen LogP contribution is -3.13. The lowest BCUT2D eigenvalue weighted by atomic mass is 9.99. The summed E-state index contributed by atoms with van der Waals surface area (Å²) in [5, 5.41) is 25.2. The maximum absolute atomic E-state index is 10.9. The number of likely N-dealkylation sites (tertiary alicyclic amines) is 1. The molecule has 1 aromatic carbocycles. The Labute approximate surface area is 161 Å². The van der Waals surface area contributed by atoms with E-state index in [0.717, 1.165) is 54.4 Å². The first-order valence-corrected chi connectivity index (χ1v) is 10.2. The summed E-state index contributed by atoms with van der Waals surface area (Å²) < 4.78 is 6.84. The molecule has 1 aliphatic rings. The first-order chi connectivity index (χ1) is 13.1. The smallest absolute Gasteiger partial charge is 0.235 e. The number of hydrogen-bond donors (Lipinski definition) is 3. The maximum Gasteiger partial charge on any atom is 0.235 e. The van der Waals surface area contributed by atoms with Gasteiger partial charge in [-0.15, -0.1) is 5.10 Å². The molecule has 1 saturated heterocycles. The Kier molecular flexibility index (Phi) is 5.03. The maximum atomic E-state index is 10.9. The van der Waals surface area contributed by atoms with E-state index in [2.05, 4.69) is 10.1 Å². The zero-order valence-corrected chi connectivity index (χ0v) is 16.4. The van der Waals surface area contributed by atoms with Gasteiger partial charge >= 0.3 is 0 Å². The van der Waals surface area contributed by atoms with Crippen LogP contribution in [0.25, 0.3) is 4.96 Å². The second-order valence-electron chi connectivity index (χ2n) is 6.96. The molecule has 8 heteroatoms. The number of aliphatic hydroxyl groups excluding tert-OH is 1.